The number of nitrogens with two attached hydrogens (primary N) is 1. The Hall–Kier alpha value is -1.07. The van der Waals surface area contributed by atoms with E-state index < -0.39 is 0 Å². The number of aryl methyl sites for hydroxylation is 1. The topological polar surface area (TPSA) is 57.0 Å². The van der Waals surface area contributed by atoms with Gasteiger partial charge in [-0.1, -0.05) is 0 Å². The molecule has 16 heavy (non-hydrogen) atoms. The first-order chi connectivity index (χ1) is 7.58. The van der Waals surface area contributed by atoms with Crippen LogP contribution < -0.4 is 5.73 Å². The third-order valence-electron chi connectivity index (χ3n) is 2.41. The number of halogens is 1. The molecule has 0 amide bonds. The lowest BCUT2D eigenvalue weighted by Crippen LogP contribution is -2.30. The van der Waals surface area contributed by atoms with Gasteiger partial charge in [0.05, 0.1) is 10.7 Å². The fraction of sp³-hybridized carbons (Fsp3) is 0.364. The molecule has 2 rings (SSSR count). The number of nitrogens with zero attached hydrogens (tertiary/aromatic N) is 2. The molecule has 0 saturated carbocycles. The summed E-state index contributed by atoms with van der Waals surface area (Å²) in [7, 11) is 0. The molecular weight excluding hydrogens is 270 g/mol. The average molecular weight is 284 g/mol. The summed E-state index contributed by atoms with van der Waals surface area (Å²) < 4.78 is 8.36. The predicted octanol–water partition coefficient (Wildman–Crippen LogP) is 2.48. The number of aromatic nitrogens is 2. The third kappa shape index (κ3) is 2.20. The van der Waals surface area contributed by atoms with Crippen molar-refractivity contribution >= 4 is 15.9 Å². The summed E-state index contributed by atoms with van der Waals surface area (Å²) in [6.45, 7) is 3.86. The van der Waals surface area contributed by atoms with Gasteiger partial charge in [0.15, 0.2) is 0 Å². The lowest BCUT2D eigenvalue weighted by atomic mass is 10.1. The van der Waals surface area contributed by atoms with Gasteiger partial charge in [-0.05, 0) is 41.9 Å². The highest BCUT2D eigenvalue weighted by Gasteiger charge is 2.22. The maximum atomic E-state index is 5.98. The van der Waals surface area contributed by atoms with Gasteiger partial charge >= 0.3 is 0 Å². The maximum Gasteiger partial charge on any atom is 0.130 e. The zero-order chi connectivity index (χ0) is 11.7. The van der Waals surface area contributed by atoms with Crippen LogP contribution in [0, 0.1) is 6.92 Å². The highest BCUT2D eigenvalue weighted by atomic mass is 79.9. The standard InChI is InChI=1S/C11H14BrN3O/c1-7-3-4-10(16-7)11(8(2)13)15-6-9(12)5-14-15/h3-6,8,11H,13H2,1-2H3. The molecule has 2 N–H and O–H groups in total. The summed E-state index contributed by atoms with van der Waals surface area (Å²) in [6, 6.07) is 3.74. The van der Waals surface area contributed by atoms with Crippen LogP contribution in [0.1, 0.15) is 24.5 Å². The quantitative estimate of drug-likeness (QED) is 0.942. The molecule has 0 aliphatic carbocycles. The third-order valence-corrected chi connectivity index (χ3v) is 2.82. The van der Waals surface area contributed by atoms with Crippen molar-refractivity contribution in [3.63, 3.8) is 0 Å². The minimum absolute atomic E-state index is 0.0694. The first kappa shape index (κ1) is 11.4. The molecule has 0 spiro atoms. The number of hydrogen-bond donors (Lipinski definition) is 1. The van der Waals surface area contributed by atoms with Gasteiger partial charge in [-0.15, -0.1) is 0 Å². The van der Waals surface area contributed by atoms with E-state index in [0.717, 1.165) is 16.0 Å². The molecule has 86 valence electrons. The number of hydrogen-bond acceptors (Lipinski definition) is 3. The van der Waals surface area contributed by atoms with Gasteiger partial charge in [0.1, 0.15) is 17.6 Å². The van der Waals surface area contributed by atoms with E-state index in [0.29, 0.717) is 0 Å². The Balaban J connectivity index is 2.38. The van der Waals surface area contributed by atoms with Crippen molar-refractivity contribution < 1.29 is 4.42 Å². The van der Waals surface area contributed by atoms with Crippen molar-refractivity contribution in [2.45, 2.75) is 25.9 Å². The van der Waals surface area contributed by atoms with Crippen molar-refractivity contribution in [3.8, 4) is 0 Å². The first-order valence-electron chi connectivity index (χ1n) is 5.09. The summed E-state index contributed by atoms with van der Waals surface area (Å²) in [6.07, 6.45) is 3.64. The predicted molar refractivity (Wildman–Crippen MR) is 65.2 cm³/mol. The number of rotatable bonds is 3. The minimum Gasteiger partial charge on any atom is -0.464 e. The second kappa shape index (κ2) is 4.43. The van der Waals surface area contributed by atoms with Crippen molar-refractivity contribution in [2.75, 3.05) is 0 Å². The average Bonchev–Trinajstić information content (AvgIpc) is 2.76. The van der Waals surface area contributed by atoms with E-state index in [2.05, 4.69) is 21.0 Å². The van der Waals surface area contributed by atoms with Crippen molar-refractivity contribution in [1.29, 1.82) is 0 Å². The van der Waals surface area contributed by atoms with Crippen LogP contribution in [-0.4, -0.2) is 15.8 Å². The zero-order valence-electron chi connectivity index (χ0n) is 9.22. The highest BCUT2D eigenvalue weighted by molar-refractivity contribution is 9.10. The molecule has 0 bridgehead atoms. The fourth-order valence-corrected chi connectivity index (χ4v) is 2.01. The Morgan fingerprint density at radius 1 is 1.50 bits per heavy atom. The zero-order valence-corrected chi connectivity index (χ0v) is 10.8. The van der Waals surface area contributed by atoms with E-state index in [1.54, 1.807) is 6.20 Å². The minimum atomic E-state index is -0.0719. The Kier molecular flexibility index (Phi) is 3.16. The number of furan rings is 1. The molecule has 5 heteroatoms. The fourth-order valence-electron chi connectivity index (χ4n) is 1.71. The van der Waals surface area contributed by atoms with Crippen molar-refractivity contribution in [1.82, 2.24) is 9.78 Å². The van der Waals surface area contributed by atoms with Gasteiger partial charge < -0.3 is 10.2 Å². The van der Waals surface area contributed by atoms with Crippen LogP contribution in [-0.2, 0) is 0 Å². The van der Waals surface area contributed by atoms with E-state index in [9.17, 15) is 0 Å². The van der Waals surface area contributed by atoms with E-state index in [1.165, 1.54) is 0 Å². The van der Waals surface area contributed by atoms with E-state index in [4.69, 9.17) is 10.2 Å². The van der Waals surface area contributed by atoms with Gasteiger partial charge in [0, 0.05) is 12.2 Å². The Morgan fingerprint density at radius 2 is 2.25 bits per heavy atom. The van der Waals surface area contributed by atoms with Gasteiger partial charge in [0.2, 0.25) is 0 Å². The molecule has 0 aliphatic heterocycles. The second-order valence-corrected chi connectivity index (χ2v) is 4.81. The lowest BCUT2D eigenvalue weighted by molar-refractivity contribution is 0.360. The molecule has 2 unspecified atom stereocenters. The Labute approximate surface area is 103 Å². The Bertz CT molecular complexity index is 435. The Morgan fingerprint density at radius 3 is 2.69 bits per heavy atom. The molecule has 2 aromatic rings. The van der Waals surface area contributed by atoms with E-state index in [-0.39, 0.29) is 12.1 Å². The molecule has 2 aromatic heterocycles. The van der Waals surface area contributed by atoms with Crippen LogP contribution in [0.4, 0.5) is 0 Å². The van der Waals surface area contributed by atoms with Crippen LogP contribution in [0.3, 0.4) is 0 Å². The summed E-state index contributed by atoms with van der Waals surface area (Å²) in [5, 5.41) is 4.25. The summed E-state index contributed by atoms with van der Waals surface area (Å²) in [5.74, 6) is 1.72. The second-order valence-electron chi connectivity index (χ2n) is 3.89. The van der Waals surface area contributed by atoms with Crippen LogP contribution in [0.5, 0.6) is 0 Å². The van der Waals surface area contributed by atoms with Crippen molar-refractivity contribution in [3.05, 3.63) is 40.5 Å². The molecule has 0 fully saturated rings. The van der Waals surface area contributed by atoms with Crippen LogP contribution in [0.25, 0.3) is 0 Å². The molecule has 0 saturated heterocycles. The normalized spacial score (nSPS) is 15.0. The largest absolute Gasteiger partial charge is 0.464 e. The van der Waals surface area contributed by atoms with Gasteiger partial charge in [0.25, 0.3) is 0 Å². The van der Waals surface area contributed by atoms with E-state index in [1.807, 2.05) is 36.9 Å². The molecule has 0 aliphatic rings. The first-order valence-corrected chi connectivity index (χ1v) is 5.89. The van der Waals surface area contributed by atoms with Crippen LogP contribution >= 0.6 is 15.9 Å². The molecule has 2 atom stereocenters. The summed E-state index contributed by atoms with van der Waals surface area (Å²) >= 11 is 3.37. The molecule has 0 radical (unpaired) electrons. The molecule has 0 aromatic carbocycles. The van der Waals surface area contributed by atoms with E-state index >= 15 is 0 Å². The monoisotopic (exact) mass is 283 g/mol. The molecule has 4 nitrogen and oxygen atoms in total. The van der Waals surface area contributed by atoms with Crippen LogP contribution in [0.2, 0.25) is 0 Å². The summed E-state index contributed by atoms with van der Waals surface area (Å²) in [4.78, 5) is 0. The van der Waals surface area contributed by atoms with Crippen molar-refractivity contribution in [2.24, 2.45) is 5.73 Å². The molecular formula is C11H14BrN3O. The lowest BCUT2D eigenvalue weighted by Gasteiger charge is -2.18. The van der Waals surface area contributed by atoms with Crippen LogP contribution in [0.15, 0.2) is 33.4 Å². The molecule has 2 heterocycles. The van der Waals surface area contributed by atoms with Gasteiger partial charge in [-0.3, -0.25) is 4.68 Å². The highest BCUT2D eigenvalue weighted by Crippen LogP contribution is 2.24. The van der Waals surface area contributed by atoms with Gasteiger partial charge in [-0.25, -0.2) is 0 Å². The SMILES string of the molecule is Cc1ccc(C(C(C)N)n2cc(Br)cn2)o1. The van der Waals surface area contributed by atoms with Gasteiger partial charge in [-0.2, -0.15) is 5.10 Å². The maximum absolute atomic E-state index is 5.98. The summed E-state index contributed by atoms with van der Waals surface area (Å²) in [5.41, 5.74) is 5.98. The smallest absolute Gasteiger partial charge is 0.130 e.